The van der Waals surface area contributed by atoms with Crippen LogP contribution in [-0.4, -0.2) is 40.2 Å². The minimum atomic E-state index is -4.84. The van der Waals surface area contributed by atoms with Crippen LogP contribution in [-0.2, 0) is 0 Å². The molecule has 1 aliphatic heterocycles. The topological polar surface area (TPSA) is 84.2 Å². The minimum Gasteiger partial charge on any atom is -0.406 e. The predicted molar refractivity (Wildman–Crippen MR) is 106 cm³/mol. The van der Waals surface area contributed by atoms with Crippen molar-refractivity contribution in [2.75, 3.05) is 18.8 Å². The van der Waals surface area contributed by atoms with E-state index >= 15 is 0 Å². The summed E-state index contributed by atoms with van der Waals surface area (Å²) < 4.78 is 55.5. The van der Waals surface area contributed by atoms with E-state index in [0.717, 1.165) is 23.2 Å². The second-order valence-electron chi connectivity index (χ2n) is 7.60. The Morgan fingerprint density at radius 1 is 1.26 bits per heavy atom. The van der Waals surface area contributed by atoms with Crippen LogP contribution in [0.25, 0.3) is 11.0 Å². The fourth-order valence-electron chi connectivity index (χ4n) is 4.09. The summed E-state index contributed by atoms with van der Waals surface area (Å²) in [5.41, 5.74) is 7.90. The van der Waals surface area contributed by atoms with Gasteiger partial charge in [0.05, 0.1) is 11.8 Å². The van der Waals surface area contributed by atoms with E-state index < -0.39 is 12.1 Å². The maximum atomic E-state index is 14.6. The van der Waals surface area contributed by atoms with Crippen LogP contribution in [0.1, 0.15) is 40.4 Å². The van der Waals surface area contributed by atoms with E-state index in [1.165, 1.54) is 12.3 Å². The Labute approximate surface area is 175 Å². The van der Waals surface area contributed by atoms with Gasteiger partial charge in [0.25, 0.3) is 5.91 Å². The van der Waals surface area contributed by atoms with Gasteiger partial charge in [-0.2, -0.15) is 0 Å². The van der Waals surface area contributed by atoms with Crippen LogP contribution in [0.2, 0.25) is 0 Å². The summed E-state index contributed by atoms with van der Waals surface area (Å²) in [4.78, 5) is 21.6. The van der Waals surface area contributed by atoms with Gasteiger partial charge in [0.2, 0.25) is 0 Å². The average Bonchev–Trinajstić information content (AvgIpc) is 3.07. The number of rotatable bonds is 3. The number of aromatic amines is 1. The van der Waals surface area contributed by atoms with Crippen molar-refractivity contribution in [2.45, 2.75) is 32.0 Å². The molecular formula is C21H20F4N4O2. The lowest BCUT2D eigenvalue weighted by Gasteiger charge is -2.33. The Bertz CT molecular complexity index is 1130. The molecule has 1 amide bonds. The number of pyridine rings is 1. The molecule has 0 unspecified atom stereocenters. The lowest BCUT2D eigenvalue weighted by Crippen LogP contribution is -2.38. The van der Waals surface area contributed by atoms with Crippen molar-refractivity contribution < 1.29 is 27.1 Å². The zero-order chi connectivity index (χ0) is 22.3. The SMILES string of the molecule is Cc1cc2c(C3CCN(C(=O)c4ccc(OC(F)(F)F)cc4N)CC3)c(F)cnc2[nH]1. The molecule has 0 spiro atoms. The molecule has 164 valence electrons. The fraction of sp³-hybridized carbons (Fsp3) is 0.333. The first-order valence-corrected chi connectivity index (χ1v) is 9.70. The van der Waals surface area contributed by atoms with Gasteiger partial charge in [0, 0.05) is 41.5 Å². The van der Waals surface area contributed by atoms with Gasteiger partial charge in [-0.1, -0.05) is 0 Å². The van der Waals surface area contributed by atoms with Crippen molar-refractivity contribution in [3.05, 3.63) is 53.1 Å². The van der Waals surface area contributed by atoms with E-state index in [1.54, 1.807) is 4.90 Å². The highest BCUT2D eigenvalue weighted by atomic mass is 19.4. The van der Waals surface area contributed by atoms with Gasteiger partial charge in [-0.3, -0.25) is 4.79 Å². The molecule has 4 rings (SSSR count). The van der Waals surface area contributed by atoms with E-state index in [2.05, 4.69) is 14.7 Å². The predicted octanol–water partition coefficient (Wildman–Crippen LogP) is 4.51. The fourth-order valence-corrected chi connectivity index (χ4v) is 4.09. The van der Waals surface area contributed by atoms with Gasteiger partial charge in [-0.15, -0.1) is 13.2 Å². The van der Waals surface area contributed by atoms with Gasteiger partial charge in [-0.05, 0) is 43.9 Å². The number of H-pyrrole nitrogens is 1. The Kier molecular flexibility index (Phi) is 5.24. The van der Waals surface area contributed by atoms with Gasteiger partial charge in [0.1, 0.15) is 17.2 Å². The highest BCUT2D eigenvalue weighted by Gasteiger charge is 2.32. The molecule has 31 heavy (non-hydrogen) atoms. The third-order valence-corrected chi connectivity index (χ3v) is 5.46. The van der Waals surface area contributed by atoms with Crippen LogP contribution in [0.4, 0.5) is 23.2 Å². The van der Waals surface area contributed by atoms with E-state index in [0.29, 0.717) is 37.1 Å². The lowest BCUT2D eigenvalue weighted by molar-refractivity contribution is -0.274. The van der Waals surface area contributed by atoms with Crippen LogP contribution < -0.4 is 10.5 Å². The number of hydrogen-bond acceptors (Lipinski definition) is 4. The monoisotopic (exact) mass is 436 g/mol. The number of likely N-dealkylation sites (tertiary alicyclic amines) is 1. The summed E-state index contributed by atoms with van der Waals surface area (Å²) in [7, 11) is 0. The van der Waals surface area contributed by atoms with Crippen LogP contribution in [0.5, 0.6) is 5.75 Å². The zero-order valence-corrected chi connectivity index (χ0v) is 16.6. The number of anilines is 1. The summed E-state index contributed by atoms with van der Waals surface area (Å²) in [6.07, 6.45) is -2.55. The number of aromatic nitrogens is 2. The Morgan fingerprint density at radius 3 is 2.61 bits per heavy atom. The maximum Gasteiger partial charge on any atom is 0.573 e. The number of carbonyl (C=O) groups excluding carboxylic acids is 1. The summed E-state index contributed by atoms with van der Waals surface area (Å²) in [6.45, 7) is 2.62. The molecule has 1 saturated heterocycles. The van der Waals surface area contributed by atoms with Crippen molar-refractivity contribution in [3.8, 4) is 5.75 Å². The van der Waals surface area contributed by atoms with Crippen molar-refractivity contribution in [3.63, 3.8) is 0 Å². The normalized spacial score (nSPS) is 15.5. The first-order valence-electron chi connectivity index (χ1n) is 9.70. The Hall–Kier alpha value is -3.30. The smallest absolute Gasteiger partial charge is 0.406 e. The molecule has 0 saturated carbocycles. The number of halogens is 4. The Morgan fingerprint density at radius 2 is 1.97 bits per heavy atom. The number of amides is 1. The third kappa shape index (κ3) is 4.28. The quantitative estimate of drug-likeness (QED) is 0.467. The molecule has 2 aromatic heterocycles. The van der Waals surface area contributed by atoms with E-state index in [4.69, 9.17) is 5.73 Å². The summed E-state index contributed by atoms with van der Waals surface area (Å²) in [6, 6.07) is 5.12. The third-order valence-electron chi connectivity index (χ3n) is 5.46. The number of ether oxygens (including phenoxy) is 1. The average molecular weight is 436 g/mol. The second kappa shape index (κ2) is 7.75. The standard InChI is InChI=1S/C21H20F4N4O2/c1-11-8-15-18(16(22)10-27-19(15)28-11)12-4-6-29(7-5-12)20(30)14-3-2-13(9-17(14)26)31-21(23,24)25/h2-3,8-10,12H,4-7,26H2,1H3,(H,27,28). The molecule has 1 aromatic carbocycles. The highest BCUT2D eigenvalue weighted by Crippen LogP contribution is 2.35. The van der Waals surface area contributed by atoms with Crippen molar-refractivity contribution >= 4 is 22.6 Å². The van der Waals surface area contributed by atoms with Crippen molar-refractivity contribution in [2.24, 2.45) is 0 Å². The number of nitrogens with two attached hydrogens (primary N) is 1. The molecule has 6 nitrogen and oxygen atoms in total. The molecule has 10 heteroatoms. The van der Waals surface area contributed by atoms with Gasteiger partial charge in [0.15, 0.2) is 0 Å². The van der Waals surface area contributed by atoms with Gasteiger partial charge in [-0.25, -0.2) is 9.37 Å². The van der Waals surface area contributed by atoms with Crippen molar-refractivity contribution in [1.82, 2.24) is 14.9 Å². The number of benzene rings is 1. The molecule has 0 radical (unpaired) electrons. The summed E-state index contributed by atoms with van der Waals surface area (Å²) >= 11 is 0. The molecule has 0 atom stereocenters. The zero-order valence-electron chi connectivity index (χ0n) is 16.6. The molecule has 0 bridgehead atoms. The van der Waals surface area contributed by atoms with Crippen LogP contribution in [0, 0.1) is 12.7 Å². The number of nitrogen functional groups attached to an aromatic ring is 1. The maximum absolute atomic E-state index is 14.6. The summed E-state index contributed by atoms with van der Waals surface area (Å²) in [5, 5.41) is 0.742. The van der Waals surface area contributed by atoms with Crippen LogP contribution in [0.15, 0.2) is 30.5 Å². The van der Waals surface area contributed by atoms with E-state index in [-0.39, 0.29) is 28.9 Å². The lowest BCUT2D eigenvalue weighted by atomic mass is 9.87. The number of alkyl halides is 3. The summed E-state index contributed by atoms with van der Waals surface area (Å²) in [5.74, 6) is -1.32. The number of aryl methyl sites for hydroxylation is 1. The molecule has 1 fully saturated rings. The largest absolute Gasteiger partial charge is 0.573 e. The number of carbonyl (C=O) groups is 1. The molecular weight excluding hydrogens is 416 g/mol. The van der Waals surface area contributed by atoms with Gasteiger partial charge < -0.3 is 20.4 Å². The molecule has 3 aromatic rings. The molecule has 1 aliphatic rings. The molecule has 3 heterocycles. The molecule has 0 aliphatic carbocycles. The highest BCUT2D eigenvalue weighted by molar-refractivity contribution is 5.99. The van der Waals surface area contributed by atoms with Crippen molar-refractivity contribution in [1.29, 1.82) is 0 Å². The number of nitrogens with zero attached hydrogens (tertiary/aromatic N) is 2. The van der Waals surface area contributed by atoms with Crippen LogP contribution >= 0.6 is 0 Å². The van der Waals surface area contributed by atoms with Crippen LogP contribution in [0.3, 0.4) is 0 Å². The van der Waals surface area contributed by atoms with E-state index in [9.17, 15) is 22.4 Å². The number of fused-ring (bicyclic) bond motifs is 1. The second-order valence-corrected chi connectivity index (χ2v) is 7.60. The molecule has 3 N–H and O–H groups in total. The first-order chi connectivity index (χ1) is 14.6. The van der Waals surface area contributed by atoms with E-state index in [1.807, 2.05) is 13.0 Å². The number of nitrogens with one attached hydrogen (secondary N) is 1. The van der Waals surface area contributed by atoms with Gasteiger partial charge >= 0.3 is 6.36 Å². The number of piperidine rings is 1. The Balaban J connectivity index is 1.48. The number of hydrogen-bond donors (Lipinski definition) is 2. The minimum absolute atomic E-state index is 0.0790. The first kappa shape index (κ1) is 21.0.